The van der Waals surface area contributed by atoms with Gasteiger partial charge in [0.05, 0.1) is 6.54 Å². The van der Waals surface area contributed by atoms with Crippen molar-refractivity contribution in [3.8, 4) is 11.8 Å². The summed E-state index contributed by atoms with van der Waals surface area (Å²) in [5, 5.41) is 2.98. The Kier molecular flexibility index (Phi) is 5.79. The monoisotopic (exact) mass is 272 g/mol. The molecule has 1 aromatic carbocycles. The number of nitrogens with two attached hydrogens (primary N) is 1. The van der Waals surface area contributed by atoms with E-state index in [2.05, 4.69) is 37.9 Å². The molecule has 1 amide bonds. The number of benzene rings is 1. The van der Waals surface area contributed by atoms with Gasteiger partial charge in [0.2, 0.25) is 0 Å². The maximum atomic E-state index is 12.2. The van der Waals surface area contributed by atoms with Crippen LogP contribution >= 0.6 is 0 Å². The molecule has 0 saturated heterocycles. The number of hydrogen-bond acceptors (Lipinski definition) is 2. The van der Waals surface area contributed by atoms with Crippen LogP contribution in [0.2, 0.25) is 0 Å². The van der Waals surface area contributed by atoms with Crippen LogP contribution in [-0.4, -0.2) is 19.0 Å². The molecule has 0 saturated carbocycles. The van der Waals surface area contributed by atoms with Gasteiger partial charge in [-0.25, -0.2) is 0 Å². The lowest BCUT2D eigenvalue weighted by Crippen LogP contribution is -2.33. The maximum absolute atomic E-state index is 12.2. The highest BCUT2D eigenvalue weighted by Crippen LogP contribution is 2.18. The van der Waals surface area contributed by atoms with Crippen LogP contribution in [0.15, 0.2) is 18.2 Å². The fourth-order valence-corrected chi connectivity index (χ4v) is 1.59. The Balaban J connectivity index is 2.84. The van der Waals surface area contributed by atoms with Crippen LogP contribution < -0.4 is 11.1 Å². The molecule has 0 aliphatic carbocycles. The predicted molar refractivity (Wildman–Crippen MR) is 83.5 cm³/mol. The number of carbonyl (C=O) groups excluding carboxylic acids is 1. The minimum Gasteiger partial charge on any atom is -0.352 e. The molecule has 0 aromatic heterocycles. The highest BCUT2D eigenvalue weighted by atomic mass is 16.1. The summed E-state index contributed by atoms with van der Waals surface area (Å²) in [5.41, 5.74) is 8.05. The van der Waals surface area contributed by atoms with Gasteiger partial charge < -0.3 is 11.1 Å². The van der Waals surface area contributed by atoms with E-state index in [9.17, 15) is 4.79 Å². The van der Waals surface area contributed by atoms with Crippen molar-refractivity contribution < 1.29 is 4.79 Å². The molecule has 0 spiro atoms. The van der Waals surface area contributed by atoms with Gasteiger partial charge in [-0.1, -0.05) is 38.7 Å². The van der Waals surface area contributed by atoms with Gasteiger partial charge >= 0.3 is 0 Å². The third-order valence-electron chi connectivity index (χ3n) is 3.51. The molecular weight excluding hydrogens is 248 g/mol. The first-order chi connectivity index (χ1) is 9.39. The average Bonchev–Trinajstić information content (AvgIpc) is 2.44. The Morgan fingerprint density at radius 1 is 1.40 bits per heavy atom. The topological polar surface area (TPSA) is 55.1 Å². The van der Waals surface area contributed by atoms with Crippen molar-refractivity contribution in [2.24, 2.45) is 11.1 Å². The van der Waals surface area contributed by atoms with Gasteiger partial charge in [-0.3, -0.25) is 4.79 Å². The van der Waals surface area contributed by atoms with E-state index in [1.807, 2.05) is 25.1 Å². The summed E-state index contributed by atoms with van der Waals surface area (Å²) >= 11 is 0. The van der Waals surface area contributed by atoms with Gasteiger partial charge in [0.25, 0.3) is 5.91 Å². The van der Waals surface area contributed by atoms with Crippen LogP contribution in [-0.2, 0) is 0 Å². The van der Waals surface area contributed by atoms with Crippen LogP contribution in [0.25, 0.3) is 0 Å². The SMILES string of the molecule is CCC(C)(C)CNC(=O)c1ccc(C)c(C#CCN)c1. The zero-order valence-electron chi connectivity index (χ0n) is 12.8. The number of carbonyl (C=O) groups is 1. The molecule has 0 fully saturated rings. The van der Waals surface area contributed by atoms with Crippen LogP contribution in [0.1, 0.15) is 48.7 Å². The number of aryl methyl sites for hydroxylation is 1. The first-order valence-corrected chi connectivity index (χ1v) is 6.97. The highest BCUT2D eigenvalue weighted by molar-refractivity contribution is 5.94. The second-order valence-electron chi connectivity index (χ2n) is 5.74. The lowest BCUT2D eigenvalue weighted by Gasteiger charge is -2.22. The second-order valence-corrected chi connectivity index (χ2v) is 5.74. The zero-order valence-corrected chi connectivity index (χ0v) is 12.8. The van der Waals surface area contributed by atoms with E-state index in [4.69, 9.17) is 5.73 Å². The summed E-state index contributed by atoms with van der Waals surface area (Å²) in [6, 6.07) is 5.57. The minimum atomic E-state index is -0.0534. The third kappa shape index (κ3) is 4.71. The van der Waals surface area contributed by atoms with Gasteiger partial charge in [0, 0.05) is 17.7 Å². The number of nitrogens with one attached hydrogen (secondary N) is 1. The summed E-state index contributed by atoms with van der Waals surface area (Å²) in [5.74, 6) is 5.77. The molecular formula is C17H24N2O. The molecule has 20 heavy (non-hydrogen) atoms. The van der Waals surface area contributed by atoms with Crippen LogP contribution in [0.4, 0.5) is 0 Å². The van der Waals surface area contributed by atoms with E-state index in [0.29, 0.717) is 18.7 Å². The van der Waals surface area contributed by atoms with Gasteiger partial charge in [-0.15, -0.1) is 0 Å². The van der Waals surface area contributed by atoms with Crippen molar-refractivity contribution in [3.05, 3.63) is 34.9 Å². The van der Waals surface area contributed by atoms with Gasteiger partial charge in [-0.05, 0) is 36.5 Å². The van der Waals surface area contributed by atoms with E-state index >= 15 is 0 Å². The Bertz CT molecular complexity index is 536. The number of rotatable bonds is 4. The summed E-state index contributed by atoms with van der Waals surface area (Å²) < 4.78 is 0. The zero-order chi connectivity index (χ0) is 15.2. The number of amides is 1. The van der Waals surface area contributed by atoms with E-state index in [1.165, 1.54) is 0 Å². The highest BCUT2D eigenvalue weighted by Gasteiger charge is 2.16. The van der Waals surface area contributed by atoms with Crippen LogP contribution in [0.3, 0.4) is 0 Å². The summed E-state index contributed by atoms with van der Waals surface area (Å²) in [6.07, 6.45) is 1.02. The first kappa shape index (κ1) is 16.3. The van der Waals surface area contributed by atoms with Crippen molar-refractivity contribution in [1.82, 2.24) is 5.32 Å². The molecule has 0 heterocycles. The Labute approximate surface area is 121 Å². The third-order valence-corrected chi connectivity index (χ3v) is 3.51. The quantitative estimate of drug-likeness (QED) is 0.827. The van der Waals surface area contributed by atoms with Gasteiger partial charge in [-0.2, -0.15) is 0 Å². The molecule has 0 unspecified atom stereocenters. The molecule has 0 bridgehead atoms. The average molecular weight is 272 g/mol. The predicted octanol–water partition coefficient (Wildman–Crippen LogP) is 2.47. The smallest absolute Gasteiger partial charge is 0.251 e. The summed E-state index contributed by atoms with van der Waals surface area (Å²) in [7, 11) is 0. The molecule has 0 aliphatic heterocycles. The lowest BCUT2D eigenvalue weighted by molar-refractivity contribution is 0.0935. The van der Waals surface area contributed by atoms with E-state index < -0.39 is 0 Å². The molecule has 108 valence electrons. The Morgan fingerprint density at radius 3 is 2.70 bits per heavy atom. The van der Waals surface area contributed by atoms with Gasteiger partial charge in [0.1, 0.15) is 0 Å². The molecule has 3 N–H and O–H groups in total. The standard InChI is InChI=1S/C17H24N2O/c1-5-17(3,4)12-19-16(20)15-9-8-13(2)14(11-15)7-6-10-18/h8-9,11H,5,10,12,18H2,1-4H3,(H,19,20). The van der Waals surface area contributed by atoms with Crippen molar-refractivity contribution in [2.45, 2.75) is 34.1 Å². The van der Waals surface area contributed by atoms with E-state index in [0.717, 1.165) is 17.5 Å². The normalized spacial score (nSPS) is 10.7. The minimum absolute atomic E-state index is 0.0534. The second kappa shape index (κ2) is 7.12. The number of hydrogen-bond donors (Lipinski definition) is 2. The largest absolute Gasteiger partial charge is 0.352 e. The van der Waals surface area contributed by atoms with Gasteiger partial charge in [0.15, 0.2) is 0 Å². The first-order valence-electron chi connectivity index (χ1n) is 6.97. The van der Waals surface area contributed by atoms with Crippen molar-refractivity contribution in [3.63, 3.8) is 0 Å². The molecule has 0 aliphatic rings. The van der Waals surface area contributed by atoms with Crippen molar-refractivity contribution in [2.75, 3.05) is 13.1 Å². The van der Waals surface area contributed by atoms with E-state index in [1.54, 1.807) is 0 Å². The molecule has 0 atom stereocenters. The molecule has 1 rings (SSSR count). The van der Waals surface area contributed by atoms with E-state index in [-0.39, 0.29) is 11.3 Å². The maximum Gasteiger partial charge on any atom is 0.251 e. The fraction of sp³-hybridized carbons (Fsp3) is 0.471. The van der Waals surface area contributed by atoms with Crippen LogP contribution in [0.5, 0.6) is 0 Å². The lowest BCUT2D eigenvalue weighted by atomic mass is 9.90. The van der Waals surface area contributed by atoms with Crippen LogP contribution in [0, 0.1) is 24.2 Å². The molecule has 0 radical (unpaired) electrons. The molecule has 3 nitrogen and oxygen atoms in total. The Hall–Kier alpha value is -1.79. The van der Waals surface area contributed by atoms with Crippen molar-refractivity contribution >= 4 is 5.91 Å². The summed E-state index contributed by atoms with van der Waals surface area (Å²) in [4.78, 5) is 12.2. The summed E-state index contributed by atoms with van der Waals surface area (Å²) in [6.45, 7) is 9.36. The fourth-order valence-electron chi connectivity index (χ4n) is 1.59. The Morgan fingerprint density at radius 2 is 2.10 bits per heavy atom. The molecule has 1 aromatic rings. The van der Waals surface area contributed by atoms with Crippen molar-refractivity contribution in [1.29, 1.82) is 0 Å². The molecule has 3 heteroatoms.